The van der Waals surface area contributed by atoms with Crippen molar-refractivity contribution in [2.75, 3.05) is 19.8 Å². The van der Waals surface area contributed by atoms with Crippen molar-refractivity contribution in [2.24, 2.45) is 0 Å². The van der Waals surface area contributed by atoms with Crippen molar-refractivity contribution in [3.05, 3.63) is 69.3 Å². The van der Waals surface area contributed by atoms with Crippen LogP contribution >= 0.6 is 0 Å². The van der Waals surface area contributed by atoms with E-state index in [9.17, 15) is 24.8 Å². The lowest BCUT2D eigenvalue weighted by molar-refractivity contribution is -0.384. The molecule has 4 rings (SSSR count). The molecule has 0 aromatic heterocycles. The molecule has 0 radical (unpaired) electrons. The SMILES string of the molecule is CCCCN1C(=O)C(=O)/C(=C(/O)c2ccc([N+](=O)[O-])cc2)C1c1ccc2c(c1)OCCO2. The number of hydrogen-bond acceptors (Lipinski definition) is 7. The van der Waals surface area contributed by atoms with E-state index in [0.29, 0.717) is 43.2 Å². The number of non-ortho nitro benzene ring substituents is 1. The second-order valence-corrected chi connectivity index (χ2v) is 7.55. The zero-order valence-corrected chi connectivity index (χ0v) is 17.4. The first-order chi connectivity index (χ1) is 15.4. The molecular formula is C23H22N2O7. The van der Waals surface area contributed by atoms with Crippen LogP contribution in [-0.2, 0) is 9.59 Å². The van der Waals surface area contributed by atoms with Gasteiger partial charge in [0.25, 0.3) is 17.4 Å². The number of nitro benzene ring substituents is 1. The molecule has 1 atom stereocenters. The normalized spacial score (nSPS) is 19.3. The molecule has 0 spiro atoms. The summed E-state index contributed by atoms with van der Waals surface area (Å²) in [7, 11) is 0. The fourth-order valence-electron chi connectivity index (χ4n) is 3.91. The lowest BCUT2D eigenvalue weighted by Gasteiger charge is -2.27. The summed E-state index contributed by atoms with van der Waals surface area (Å²) in [4.78, 5) is 37.7. The third-order valence-electron chi connectivity index (χ3n) is 5.53. The van der Waals surface area contributed by atoms with Gasteiger partial charge in [-0.05, 0) is 36.2 Å². The van der Waals surface area contributed by atoms with Crippen molar-refractivity contribution >= 4 is 23.1 Å². The van der Waals surface area contributed by atoms with Gasteiger partial charge in [-0.2, -0.15) is 0 Å². The van der Waals surface area contributed by atoms with Crippen molar-refractivity contribution < 1.29 is 29.1 Å². The molecule has 0 bridgehead atoms. The first-order valence-corrected chi connectivity index (χ1v) is 10.3. The molecule has 1 unspecified atom stereocenters. The first kappa shape index (κ1) is 21.4. The second kappa shape index (κ2) is 8.70. The Labute approximate surface area is 184 Å². The topological polar surface area (TPSA) is 119 Å². The van der Waals surface area contributed by atoms with Gasteiger partial charge < -0.3 is 19.5 Å². The summed E-state index contributed by atoms with van der Waals surface area (Å²) in [5.41, 5.74) is 0.615. The number of aliphatic hydroxyl groups excluding tert-OH is 1. The molecule has 1 fully saturated rings. The number of nitrogens with zero attached hydrogens (tertiary/aromatic N) is 2. The van der Waals surface area contributed by atoms with E-state index in [4.69, 9.17) is 9.47 Å². The Kier molecular flexibility index (Phi) is 5.81. The molecule has 166 valence electrons. The molecule has 0 saturated carbocycles. The van der Waals surface area contributed by atoms with Crippen molar-refractivity contribution in [3.63, 3.8) is 0 Å². The molecular weight excluding hydrogens is 416 g/mol. The number of hydrogen-bond donors (Lipinski definition) is 1. The maximum atomic E-state index is 13.0. The number of aliphatic hydroxyl groups is 1. The fraction of sp³-hybridized carbons (Fsp3) is 0.304. The van der Waals surface area contributed by atoms with Crippen LogP contribution in [0.4, 0.5) is 5.69 Å². The summed E-state index contributed by atoms with van der Waals surface area (Å²) in [5.74, 6) is -0.790. The zero-order valence-electron chi connectivity index (χ0n) is 17.4. The van der Waals surface area contributed by atoms with Crippen molar-refractivity contribution in [2.45, 2.75) is 25.8 Å². The molecule has 32 heavy (non-hydrogen) atoms. The summed E-state index contributed by atoms with van der Waals surface area (Å²) in [5, 5.41) is 21.9. The number of rotatable bonds is 6. The highest BCUT2D eigenvalue weighted by atomic mass is 16.6. The number of likely N-dealkylation sites (tertiary alicyclic amines) is 1. The third kappa shape index (κ3) is 3.77. The first-order valence-electron chi connectivity index (χ1n) is 10.3. The Balaban J connectivity index is 1.83. The van der Waals surface area contributed by atoms with Gasteiger partial charge >= 0.3 is 0 Å². The molecule has 2 aromatic carbocycles. The lowest BCUT2D eigenvalue weighted by Crippen LogP contribution is -2.30. The number of fused-ring (bicyclic) bond motifs is 1. The number of ether oxygens (including phenoxy) is 2. The average molecular weight is 438 g/mol. The van der Waals surface area contributed by atoms with Crippen LogP contribution in [0.5, 0.6) is 11.5 Å². The summed E-state index contributed by atoms with van der Waals surface area (Å²) in [6.07, 6.45) is 1.50. The Bertz CT molecular complexity index is 1110. The van der Waals surface area contributed by atoms with Gasteiger partial charge in [0.2, 0.25) is 0 Å². The van der Waals surface area contributed by atoms with Gasteiger partial charge in [-0.1, -0.05) is 19.4 Å². The molecule has 0 aliphatic carbocycles. The highest BCUT2D eigenvalue weighted by Crippen LogP contribution is 2.42. The van der Waals surface area contributed by atoms with Gasteiger partial charge in [-0.3, -0.25) is 19.7 Å². The van der Waals surface area contributed by atoms with Gasteiger partial charge in [0, 0.05) is 24.2 Å². The van der Waals surface area contributed by atoms with E-state index >= 15 is 0 Å². The average Bonchev–Trinajstić information content (AvgIpc) is 3.06. The van der Waals surface area contributed by atoms with Crippen LogP contribution in [-0.4, -0.2) is 46.4 Å². The Morgan fingerprint density at radius 3 is 2.47 bits per heavy atom. The summed E-state index contributed by atoms with van der Waals surface area (Å²) in [6, 6.07) is 9.55. The minimum absolute atomic E-state index is 0.0587. The number of benzene rings is 2. The van der Waals surface area contributed by atoms with E-state index in [2.05, 4.69) is 0 Å². The lowest BCUT2D eigenvalue weighted by atomic mass is 9.94. The van der Waals surface area contributed by atoms with E-state index in [0.717, 1.165) is 6.42 Å². The van der Waals surface area contributed by atoms with Gasteiger partial charge in [0.1, 0.15) is 19.0 Å². The van der Waals surface area contributed by atoms with E-state index in [1.54, 1.807) is 18.2 Å². The highest BCUT2D eigenvalue weighted by Gasteiger charge is 2.46. The molecule has 9 nitrogen and oxygen atoms in total. The summed E-state index contributed by atoms with van der Waals surface area (Å²) >= 11 is 0. The highest BCUT2D eigenvalue weighted by molar-refractivity contribution is 6.46. The molecule has 2 heterocycles. The van der Waals surface area contributed by atoms with Crippen molar-refractivity contribution in [1.29, 1.82) is 0 Å². The third-order valence-corrected chi connectivity index (χ3v) is 5.53. The van der Waals surface area contributed by atoms with Crippen LogP contribution in [0.3, 0.4) is 0 Å². The monoisotopic (exact) mass is 438 g/mol. The van der Waals surface area contributed by atoms with Crippen LogP contribution in [0.15, 0.2) is 48.0 Å². The van der Waals surface area contributed by atoms with Crippen LogP contribution in [0.25, 0.3) is 5.76 Å². The fourth-order valence-corrected chi connectivity index (χ4v) is 3.91. The van der Waals surface area contributed by atoms with E-state index < -0.39 is 22.7 Å². The maximum absolute atomic E-state index is 13.0. The predicted molar refractivity (Wildman–Crippen MR) is 114 cm³/mol. The van der Waals surface area contributed by atoms with Crippen LogP contribution in [0.1, 0.15) is 36.9 Å². The Morgan fingerprint density at radius 1 is 1.12 bits per heavy atom. The van der Waals surface area contributed by atoms with E-state index in [1.807, 2.05) is 6.92 Å². The van der Waals surface area contributed by atoms with E-state index in [1.165, 1.54) is 29.2 Å². The molecule has 1 saturated heterocycles. The van der Waals surface area contributed by atoms with Crippen LogP contribution in [0, 0.1) is 10.1 Å². The molecule has 2 aromatic rings. The van der Waals surface area contributed by atoms with E-state index in [-0.39, 0.29) is 22.6 Å². The molecule has 1 amide bonds. The molecule has 1 N–H and O–H groups in total. The van der Waals surface area contributed by atoms with Crippen LogP contribution < -0.4 is 9.47 Å². The predicted octanol–water partition coefficient (Wildman–Crippen LogP) is 3.59. The maximum Gasteiger partial charge on any atom is 0.295 e. The van der Waals surface area contributed by atoms with Gasteiger partial charge in [-0.25, -0.2) is 0 Å². The molecule has 9 heteroatoms. The Morgan fingerprint density at radius 2 is 1.81 bits per heavy atom. The van der Waals surface area contributed by atoms with Crippen molar-refractivity contribution in [1.82, 2.24) is 4.90 Å². The zero-order chi connectivity index (χ0) is 22.8. The van der Waals surface area contributed by atoms with Crippen LogP contribution in [0.2, 0.25) is 0 Å². The largest absolute Gasteiger partial charge is 0.507 e. The number of unbranched alkanes of at least 4 members (excludes halogenated alkanes) is 1. The quantitative estimate of drug-likeness (QED) is 0.241. The van der Waals surface area contributed by atoms with Gasteiger partial charge in [0.05, 0.1) is 16.5 Å². The standard InChI is InChI=1S/C23H22N2O7/c1-2-3-10-24-20(15-6-9-17-18(13-15)32-12-11-31-17)19(22(27)23(24)28)21(26)14-4-7-16(8-5-14)25(29)30/h4-9,13,20,26H,2-3,10-12H2,1H3/b21-19+. The smallest absolute Gasteiger partial charge is 0.295 e. The summed E-state index contributed by atoms with van der Waals surface area (Å²) in [6.45, 7) is 3.14. The van der Waals surface area contributed by atoms with Gasteiger partial charge in [-0.15, -0.1) is 0 Å². The number of nitro groups is 1. The number of ketones is 1. The number of Topliss-reactive ketones (excluding diaryl/α,β-unsaturated/α-hetero) is 1. The molecule has 2 aliphatic rings. The Hall–Kier alpha value is -3.88. The molecule has 2 aliphatic heterocycles. The minimum Gasteiger partial charge on any atom is -0.507 e. The minimum atomic E-state index is -0.812. The van der Waals surface area contributed by atoms with Crippen molar-refractivity contribution in [3.8, 4) is 11.5 Å². The second-order valence-electron chi connectivity index (χ2n) is 7.55. The number of amides is 1. The summed E-state index contributed by atoms with van der Waals surface area (Å²) < 4.78 is 11.2. The number of carbonyl (C=O) groups excluding carboxylic acids is 2. The number of carbonyl (C=O) groups is 2. The van der Waals surface area contributed by atoms with Gasteiger partial charge in [0.15, 0.2) is 11.5 Å².